The third kappa shape index (κ3) is 4.60. The molecule has 1 N–H and O–H groups in total. The summed E-state index contributed by atoms with van der Waals surface area (Å²) in [5, 5.41) is 5.41. The van der Waals surface area contributed by atoms with Crippen molar-refractivity contribution in [2.45, 2.75) is 25.8 Å². The smallest absolute Gasteiger partial charge is 0.224 e. The number of likely N-dealkylation sites (N-methyl/N-ethyl adjacent to an activating group) is 1. The van der Waals surface area contributed by atoms with Gasteiger partial charge in [-0.2, -0.15) is 0 Å². The Hall–Kier alpha value is -0.910. The Bertz CT molecular complexity index is 375. The van der Waals surface area contributed by atoms with Gasteiger partial charge in [0, 0.05) is 37.0 Å². The van der Waals surface area contributed by atoms with Crippen LogP contribution in [0.3, 0.4) is 0 Å². The molecule has 0 aliphatic carbocycles. The number of thiophene rings is 1. The maximum Gasteiger partial charge on any atom is 0.224 e. The van der Waals surface area contributed by atoms with E-state index in [0.29, 0.717) is 13.0 Å². The zero-order valence-electron chi connectivity index (χ0n) is 11.4. The Labute approximate surface area is 118 Å². The molecule has 1 aromatic heterocycles. The highest BCUT2D eigenvalue weighted by atomic mass is 32.1. The van der Waals surface area contributed by atoms with E-state index in [2.05, 4.69) is 22.8 Å². The van der Waals surface area contributed by atoms with Crippen LogP contribution in [0.1, 0.15) is 18.2 Å². The largest absolute Gasteiger partial charge is 0.378 e. The summed E-state index contributed by atoms with van der Waals surface area (Å²) < 4.78 is 5.38. The summed E-state index contributed by atoms with van der Waals surface area (Å²) in [6.07, 6.45) is 1.49. The molecule has 1 saturated heterocycles. The van der Waals surface area contributed by atoms with E-state index in [-0.39, 0.29) is 11.9 Å². The van der Waals surface area contributed by atoms with Gasteiger partial charge >= 0.3 is 0 Å². The lowest BCUT2D eigenvalue weighted by Crippen LogP contribution is -2.45. The first kappa shape index (κ1) is 14.5. The normalized spacial score (nSPS) is 19.3. The van der Waals surface area contributed by atoms with Gasteiger partial charge in [-0.25, -0.2) is 0 Å². The quantitative estimate of drug-likeness (QED) is 0.860. The van der Waals surface area contributed by atoms with Crippen molar-refractivity contribution in [3.63, 3.8) is 0 Å². The lowest BCUT2D eigenvalue weighted by atomic mass is 10.1. The molecule has 0 radical (unpaired) electrons. The van der Waals surface area contributed by atoms with E-state index in [1.165, 1.54) is 4.88 Å². The molecule has 0 saturated carbocycles. The SMILES string of the molecule is CCN(CCc1cccs1)C(=O)CC1COCCN1. The first-order chi connectivity index (χ1) is 9.29. The number of morpholine rings is 1. The molecule has 1 unspecified atom stereocenters. The Morgan fingerprint density at radius 2 is 2.53 bits per heavy atom. The molecule has 1 aliphatic heterocycles. The van der Waals surface area contributed by atoms with Crippen molar-refractivity contribution in [2.24, 2.45) is 0 Å². The second-order valence-corrected chi connectivity index (χ2v) is 5.77. The second kappa shape index (κ2) is 7.62. The molecule has 1 aromatic rings. The first-order valence-corrected chi connectivity index (χ1v) is 7.79. The van der Waals surface area contributed by atoms with Crippen molar-refractivity contribution in [1.82, 2.24) is 10.2 Å². The summed E-state index contributed by atoms with van der Waals surface area (Å²) in [5.41, 5.74) is 0. The zero-order valence-corrected chi connectivity index (χ0v) is 12.2. The molecule has 0 aromatic carbocycles. The van der Waals surface area contributed by atoms with E-state index >= 15 is 0 Å². The Morgan fingerprint density at radius 3 is 3.16 bits per heavy atom. The maximum atomic E-state index is 12.2. The summed E-state index contributed by atoms with van der Waals surface area (Å²) in [6, 6.07) is 4.36. The standard InChI is InChI=1S/C14H22N2O2S/c1-2-16(7-5-13-4-3-9-19-13)14(17)10-12-11-18-8-6-15-12/h3-4,9,12,15H,2,5-8,10-11H2,1H3. The van der Waals surface area contributed by atoms with Gasteiger partial charge in [0.2, 0.25) is 5.91 Å². The van der Waals surface area contributed by atoms with E-state index in [0.717, 1.165) is 32.7 Å². The predicted molar refractivity (Wildman–Crippen MR) is 77.5 cm³/mol. The van der Waals surface area contributed by atoms with Gasteiger partial charge in [-0.05, 0) is 24.8 Å². The number of nitrogens with zero attached hydrogens (tertiary/aromatic N) is 1. The van der Waals surface area contributed by atoms with E-state index in [9.17, 15) is 4.79 Å². The second-order valence-electron chi connectivity index (χ2n) is 4.73. The molecule has 19 heavy (non-hydrogen) atoms. The number of hydrogen-bond donors (Lipinski definition) is 1. The highest BCUT2D eigenvalue weighted by molar-refractivity contribution is 7.09. The summed E-state index contributed by atoms with van der Waals surface area (Å²) in [5.74, 6) is 0.224. The Balaban J connectivity index is 1.77. The lowest BCUT2D eigenvalue weighted by molar-refractivity contribution is -0.132. The molecular formula is C14H22N2O2S. The highest BCUT2D eigenvalue weighted by Gasteiger charge is 2.20. The van der Waals surface area contributed by atoms with E-state index < -0.39 is 0 Å². The number of ether oxygens (including phenoxy) is 1. The minimum atomic E-state index is 0.178. The molecule has 1 atom stereocenters. The number of hydrogen-bond acceptors (Lipinski definition) is 4. The third-order valence-corrected chi connectivity index (χ3v) is 4.30. The molecular weight excluding hydrogens is 260 g/mol. The Kier molecular flexibility index (Phi) is 5.82. The number of nitrogens with one attached hydrogen (secondary N) is 1. The number of carbonyl (C=O) groups is 1. The molecule has 2 heterocycles. The summed E-state index contributed by atoms with van der Waals surface area (Å²) in [6.45, 7) is 5.87. The zero-order chi connectivity index (χ0) is 13.5. The van der Waals surface area contributed by atoms with Crippen LogP contribution in [0, 0.1) is 0 Å². The average Bonchev–Trinajstić information content (AvgIpc) is 2.94. The van der Waals surface area contributed by atoms with Crippen LogP contribution in [-0.2, 0) is 16.0 Å². The van der Waals surface area contributed by atoms with Crippen LogP contribution in [0.15, 0.2) is 17.5 Å². The highest BCUT2D eigenvalue weighted by Crippen LogP contribution is 2.11. The monoisotopic (exact) mass is 282 g/mol. The van der Waals surface area contributed by atoms with E-state index in [1.54, 1.807) is 11.3 Å². The molecule has 0 spiro atoms. The van der Waals surface area contributed by atoms with Crippen LogP contribution in [0.4, 0.5) is 0 Å². The van der Waals surface area contributed by atoms with Crippen LogP contribution >= 0.6 is 11.3 Å². The Morgan fingerprint density at radius 1 is 1.63 bits per heavy atom. The molecule has 4 nitrogen and oxygen atoms in total. The van der Waals surface area contributed by atoms with Gasteiger partial charge in [0.25, 0.3) is 0 Å². The number of carbonyl (C=O) groups excluding carboxylic acids is 1. The third-order valence-electron chi connectivity index (χ3n) is 3.36. The van der Waals surface area contributed by atoms with Gasteiger partial charge < -0.3 is 15.0 Å². The fourth-order valence-electron chi connectivity index (χ4n) is 2.25. The van der Waals surface area contributed by atoms with Crippen LogP contribution < -0.4 is 5.32 Å². The van der Waals surface area contributed by atoms with Crippen LogP contribution in [0.5, 0.6) is 0 Å². The molecule has 1 fully saturated rings. The number of amides is 1. The molecule has 1 aliphatic rings. The van der Waals surface area contributed by atoms with Crippen LogP contribution in [-0.4, -0.2) is 49.7 Å². The molecule has 5 heteroatoms. The number of rotatable bonds is 6. The summed E-state index contributed by atoms with van der Waals surface area (Å²) in [7, 11) is 0. The van der Waals surface area contributed by atoms with Crippen molar-refractivity contribution < 1.29 is 9.53 Å². The topological polar surface area (TPSA) is 41.6 Å². The van der Waals surface area contributed by atoms with Gasteiger partial charge in [-0.3, -0.25) is 4.79 Å². The first-order valence-electron chi connectivity index (χ1n) is 6.91. The average molecular weight is 282 g/mol. The van der Waals surface area contributed by atoms with E-state index in [1.807, 2.05) is 11.8 Å². The van der Waals surface area contributed by atoms with Crippen LogP contribution in [0.25, 0.3) is 0 Å². The van der Waals surface area contributed by atoms with Crippen molar-refractivity contribution >= 4 is 17.2 Å². The summed E-state index contributed by atoms with van der Waals surface area (Å²) in [4.78, 5) is 15.5. The minimum absolute atomic E-state index is 0.178. The van der Waals surface area contributed by atoms with Crippen molar-refractivity contribution in [3.05, 3.63) is 22.4 Å². The van der Waals surface area contributed by atoms with Gasteiger partial charge in [0.05, 0.1) is 13.2 Å². The molecule has 106 valence electrons. The fraction of sp³-hybridized carbons (Fsp3) is 0.643. The van der Waals surface area contributed by atoms with Gasteiger partial charge in [-0.1, -0.05) is 6.07 Å². The van der Waals surface area contributed by atoms with Crippen molar-refractivity contribution in [2.75, 3.05) is 32.8 Å². The van der Waals surface area contributed by atoms with E-state index in [4.69, 9.17) is 4.74 Å². The van der Waals surface area contributed by atoms with Crippen molar-refractivity contribution in [3.8, 4) is 0 Å². The summed E-state index contributed by atoms with van der Waals surface area (Å²) >= 11 is 1.75. The fourth-order valence-corrected chi connectivity index (χ4v) is 2.95. The predicted octanol–water partition coefficient (Wildman–Crippen LogP) is 1.52. The van der Waals surface area contributed by atoms with Gasteiger partial charge in [0.15, 0.2) is 0 Å². The van der Waals surface area contributed by atoms with Crippen molar-refractivity contribution in [1.29, 1.82) is 0 Å². The molecule has 0 bridgehead atoms. The van der Waals surface area contributed by atoms with Gasteiger partial charge in [-0.15, -0.1) is 11.3 Å². The molecule has 1 amide bonds. The minimum Gasteiger partial charge on any atom is -0.378 e. The molecule has 2 rings (SSSR count). The van der Waals surface area contributed by atoms with Gasteiger partial charge in [0.1, 0.15) is 0 Å². The maximum absolute atomic E-state index is 12.2. The lowest BCUT2D eigenvalue weighted by Gasteiger charge is -2.27. The van der Waals surface area contributed by atoms with Crippen LogP contribution in [0.2, 0.25) is 0 Å².